The molecule has 0 saturated heterocycles. The number of nitrogens with one attached hydrogen (secondary N) is 1. The first-order valence-corrected chi connectivity index (χ1v) is 9.07. The molecule has 2 heterocycles. The molecule has 8 heteroatoms. The fourth-order valence-electron chi connectivity index (χ4n) is 2.54. The van der Waals surface area contributed by atoms with Gasteiger partial charge in [-0.05, 0) is 43.4 Å². The summed E-state index contributed by atoms with van der Waals surface area (Å²) in [5.41, 5.74) is 0.0892. The van der Waals surface area contributed by atoms with Gasteiger partial charge in [0.2, 0.25) is 5.71 Å². The zero-order valence-corrected chi connectivity index (χ0v) is 15.2. The number of hydrogen-bond acceptors (Lipinski definition) is 5. The van der Waals surface area contributed by atoms with Crippen LogP contribution >= 0.6 is 11.8 Å². The zero-order chi connectivity index (χ0) is 18.7. The van der Waals surface area contributed by atoms with Crippen molar-refractivity contribution in [3.63, 3.8) is 0 Å². The minimum atomic E-state index is -0.349. The maximum Gasteiger partial charge on any atom is 0.265 e. The average molecular weight is 375 g/mol. The Kier molecular flexibility index (Phi) is 5.41. The number of carbonyl (C=O) groups excluding carboxylic acids is 1. The number of furan rings is 1. The molecule has 6 nitrogen and oxygen atoms in total. The first kappa shape index (κ1) is 18.2. The summed E-state index contributed by atoms with van der Waals surface area (Å²) < 4.78 is 19.6. The van der Waals surface area contributed by atoms with E-state index >= 15 is 0 Å². The Labute approximate surface area is 153 Å². The maximum atomic E-state index is 12.9. The van der Waals surface area contributed by atoms with Crippen molar-refractivity contribution in [2.75, 3.05) is 12.3 Å². The van der Waals surface area contributed by atoms with Gasteiger partial charge in [-0.2, -0.15) is 0 Å². The number of aryl methyl sites for hydroxylation is 2. The second-order valence-electron chi connectivity index (χ2n) is 5.79. The molecule has 1 aromatic carbocycles. The number of nitrogens with zero attached hydrogens (tertiary/aromatic N) is 2. The molecule has 0 radical (unpaired) electrons. The lowest BCUT2D eigenvalue weighted by atomic mass is 10.2. The van der Waals surface area contributed by atoms with Crippen LogP contribution in [0.2, 0.25) is 0 Å². The second kappa shape index (κ2) is 7.74. The first-order valence-electron chi connectivity index (χ1n) is 8.08. The summed E-state index contributed by atoms with van der Waals surface area (Å²) in [4.78, 5) is 29.8. The molecule has 0 aliphatic rings. The summed E-state index contributed by atoms with van der Waals surface area (Å²) in [5.74, 6) is 0.539. The van der Waals surface area contributed by atoms with Gasteiger partial charge in [-0.3, -0.25) is 9.59 Å². The molecular weight excluding hydrogens is 357 g/mol. The van der Waals surface area contributed by atoms with Gasteiger partial charge in [0.15, 0.2) is 0 Å². The quantitative estimate of drug-likeness (QED) is 0.530. The number of rotatable bonds is 6. The first-order chi connectivity index (χ1) is 12.5. The van der Waals surface area contributed by atoms with Crippen LogP contribution in [0.5, 0.6) is 0 Å². The van der Waals surface area contributed by atoms with Crippen molar-refractivity contribution >= 4 is 28.8 Å². The molecule has 0 saturated carbocycles. The van der Waals surface area contributed by atoms with Gasteiger partial charge in [-0.25, -0.2) is 9.37 Å². The third kappa shape index (κ3) is 3.80. The molecule has 1 amide bonds. The topological polar surface area (TPSA) is 77.1 Å². The lowest BCUT2D eigenvalue weighted by molar-refractivity contribution is 0.0953. The van der Waals surface area contributed by atoms with E-state index in [1.807, 2.05) is 0 Å². The second-order valence-corrected chi connectivity index (χ2v) is 6.95. The summed E-state index contributed by atoms with van der Waals surface area (Å²) in [6.45, 7) is 2.10. The highest BCUT2D eigenvalue weighted by Gasteiger charge is 2.21. The average Bonchev–Trinajstić information content (AvgIpc) is 2.96. The van der Waals surface area contributed by atoms with Crippen LogP contribution in [0, 0.1) is 12.7 Å². The molecule has 0 unspecified atom stereocenters. The minimum Gasteiger partial charge on any atom is -0.442 e. The van der Waals surface area contributed by atoms with Gasteiger partial charge in [-0.15, -0.1) is 11.8 Å². The largest absolute Gasteiger partial charge is 0.442 e. The number of benzene rings is 1. The fraction of sp³-hybridized carbons (Fsp3) is 0.278. The Morgan fingerprint density at radius 3 is 2.81 bits per heavy atom. The van der Waals surface area contributed by atoms with Gasteiger partial charge < -0.3 is 14.3 Å². The van der Waals surface area contributed by atoms with Crippen LogP contribution < -0.4 is 10.9 Å². The standard InChI is InChI=1S/C18H18FN3O3S/c1-11-14(15-17(25-11)21-10-22(2)18(15)24)16(23)20-8-3-9-26-13-6-4-12(19)5-7-13/h4-7,10H,3,8-9H2,1-2H3,(H,20,23). The summed E-state index contributed by atoms with van der Waals surface area (Å²) >= 11 is 1.59. The van der Waals surface area contributed by atoms with E-state index in [1.165, 1.54) is 23.0 Å². The van der Waals surface area contributed by atoms with Gasteiger partial charge in [-0.1, -0.05) is 0 Å². The maximum absolute atomic E-state index is 12.9. The van der Waals surface area contributed by atoms with Crippen LogP contribution in [0.4, 0.5) is 4.39 Å². The monoisotopic (exact) mass is 375 g/mol. The van der Waals surface area contributed by atoms with Crippen LogP contribution in [0.1, 0.15) is 22.5 Å². The highest BCUT2D eigenvalue weighted by atomic mass is 32.2. The SMILES string of the molecule is Cc1oc2ncn(C)c(=O)c2c1C(=O)NCCCSc1ccc(F)cc1. The van der Waals surface area contributed by atoms with E-state index in [0.717, 1.165) is 17.1 Å². The van der Waals surface area contributed by atoms with E-state index in [2.05, 4.69) is 10.3 Å². The number of hydrogen-bond donors (Lipinski definition) is 1. The predicted octanol–water partition coefficient (Wildman–Crippen LogP) is 2.89. The molecule has 3 rings (SSSR count). The molecule has 0 aliphatic carbocycles. The number of carbonyl (C=O) groups is 1. The zero-order valence-electron chi connectivity index (χ0n) is 14.4. The van der Waals surface area contributed by atoms with E-state index in [1.54, 1.807) is 37.9 Å². The van der Waals surface area contributed by atoms with Crippen molar-refractivity contribution in [3.05, 3.63) is 58.1 Å². The van der Waals surface area contributed by atoms with Crippen LogP contribution in [0.15, 0.2) is 44.7 Å². The van der Waals surface area contributed by atoms with E-state index < -0.39 is 0 Å². The third-order valence-corrected chi connectivity index (χ3v) is 4.96. The van der Waals surface area contributed by atoms with Crippen LogP contribution in [-0.4, -0.2) is 27.8 Å². The van der Waals surface area contributed by atoms with Gasteiger partial charge >= 0.3 is 0 Å². The Morgan fingerprint density at radius 2 is 2.08 bits per heavy atom. The summed E-state index contributed by atoms with van der Waals surface area (Å²) in [6, 6.07) is 6.29. The highest BCUT2D eigenvalue weighted by molar-refractivity contribution is 7.99. The molecule has 3 aromatic rings. The van der Waals surface area contributed by atoms with Crippen molar-refractivity contribution in [2.45, 2.75) is 18.2 Å². The normalized spacial score (nSPS) is 11.0. The van der Waals surface area contributed by atoms with E-state index in [0.29, 0.717) is 12.3 Å². The fourth-order valence-corrected chi connectivity index (χ4v) is 3.40. The summed E-state index contributed by atoms with van der Waals surface area (Å²) in [5, 5.41) is 3.01. The van der Waals surface area contributed by atoms with Gasteiger partial charge in [0, 0.05) is 18.5 Å². The minimum absolute atomic E-state index is 0.169. The van der Waals surface area contributed by atoms with Crippen LogP contribution in [0.3, 0.4) is 0 Å². The molecule has 0 spiro atoms. The van der Waals surface area contributed by atoms with Gasteiger partial charge in [0.05, 0.1) is 5.56 Å². The van der Waals surface area contributed by atoms with E-state index in [-0.39, 0.29) is 33.9 Å². The van der Waals surface area contributed by atoms with Gasteiger partial charge in [0.1, 0.15) is 23.3 Å². The molecular formula is C18H18FN3O3S. The highest BCUT2D eigenvalue weighted by Crippen LogP contribution is 2.21. The van der Waals surface area contributed by atoms with Crippen molar-refractivity contribution in [3.8, 4) is 0 Å². The van der Waals surface area contributed by atoms with Crippen molar-refractivity contribution in [2.24, 2.45) is 7.05 Å². The Bertz CT molecular complexity index is 995. The number of halogens is 1. The molecule has 0 bridgehead atoms. The summed E-state index contributed by atoms with van der Waals surface area (Å²) in [6.07, 6.45) is 2.10. The molecule has 0 fully saturated rings. The molecule has 2 aromatic heterocycles. The Hall–Kier alpha value is -2.61. The number of thioether (sulfide) groups is 1. The molecule has 26 heavy (non-hydrogen) atoms. The van der Waals surface area contributed by atoms with Crippen LogP contribution in [0.25, 0.3) is 11.1 Å². The molecule has 0 atom stereocenters. The lowest BCUT2D eigenvalue weighted by Crippen LogP contribution is -2.27. The van der Waals surface area contributed by atoms with E-state index in [4.69, 9.17) is 4.42 Å². The third-order valence-electron chi connectivity index (χ3n) is 3.86. The van der Waals surface area contributed by atoms with E-state index in [9.17, 15) is 14.0 Å². The predicted molar refractivity (Wildman–Crippen MR) is 98.1 cm³/mol. The van der Waals surface area contributed by atoms with Crippen LogP contribution in [-0.2, 0) is 7.05 Å². The molecule has 1 N–H and O–H groups in total. The van der Waals surface area contributed by atoms with Crippen molar-refractivity contribution < 1.29 is 13.6 Å². The number of amides is 1. The number of aromatic nitrogens is 2. The lowest BCUT2D eigenvalue weighted by Gasteiger charge is -2.05. The Morgan fingerprint density at radius 1 is 1.35 bits per heavy atom. The number of fused-ring (bicyclic) bond motifs is 1. The Balaban J connectivity index is 1.59. The van der Waals surface area contributed by atoms with Crippen molar-refractivity contribution in [1.29, 1.82) is 0 Å². The van der Waals surface area contributed by atoms with Gasteiger partial charge in [0.25, 0.3) is 11.5 Å². The van der Waals surface area contributed by atoms with Crippen molar-refractivity contribution in [1.82, 2.24) is 14.9 Å². The molecule has 0 aliphatic heterocycles. The molecule has 136 valence electrons. The summed E-state index contributed by atoms with van der Waals surface area (Å²) in [7, 11) is 1.57. The smallest absolute Gasteiger partial charge is 0.265 e.